The third kappa shape index (κ3) is 3.85. The quantitative estimate of drug-likeness (QED) is 0.552. The summed E-state index contributed by atoms with van der Waals surface area (Å²) in [6.07, 6.45) is 1.57. The molecular weight excluding hydrogens is 405 g/mol. The first-order valence-electron chi connectivity index (χ1n) is 9.89. The average molecular weight is 428 g/mol. The van der Waals surface area contributed by atoms with Crippen molar-refractivity contribution in [3.8, 4) is 11.3 Å². The van der Waals surface area contributed by atoms with Crippen LogP contribution < -0.4 is 5.32 Å². The Morgan fingerprint density at radius 3 is 2.52 bits per heavy atom. The summed E-state index contributed by atoms with van der Waals surface area (Å²) in [6, 6.07) is 13.4. The average Bonchev–Trinajstić information content (AvgIpc) is 3.03. The van der Waals surface area contributed by atoms with Gasteiger partial charge in [0.25, 0.3) is 0 Å². The number of nitrogens with zero attached hydrogens (tertiary/aromatic N) is 2. The van der Waals surface area contributed by atoms with Crippen molar-refractivity contribution in [2.75, 3.05) is 5.32 Å². The van der Waals surface area contributed by atoms with Crippen LogP contribution >= 0.6 is 23.2 Å². The lowest BCUT2D eigenvalue weighted by Crippen LogP contribution is -2.23. The molecule has 1 aliphatic carbocycles. The maximum absolute atomic E-state index is 10.6. The van der Waals surface area contributed by atoms with E-state index in [2.05, 4.69) is 17.4 Å². The van der Waals surface area contributed by atoms with Gasteiger partial charge in [-0.05, 0) is 42.2 Å². The minimum Gasteiger partial charge on any atom is -0.390 e. The molecule has 3 aromatic rings. The second-order valence-electron chi connectivity index (χ2n) is 7.24. The Balaban J connectivity index is 1.76. The van der Waals surface area contributed by atoms with Crippen LogP contribution in [-0.2, 0) is 19.3 Å². The molecule has 2 N–H and O–H groups in total. The minimum atomic E-state index is -0.491. The van der Waals surface area contributed by atoms with Crippen molar-refractivity contribution in [1.82, 2.24) is 9.97 Å². The highest BCUT2D eigenvalue weighted by molar-refractivity contribution is 6.36. The standard InChI is InChI=1S/C23H23Cl2N3O/c1-3-18-21(16-10-9-14(24)12-17(16)25)26-19(4-2)23(27-18)28-22-15-8-6-5-7-13(15)11-20(22)29/h5-10,12,20,22,29H,3-4,11H2,1-2H3,(H,27,28)/t20-,22-/m0/s1. The van der Waals surface area contributed by atoms with Crippen LogP contribution in [0.5, 0.6) is 0 Å². The zero-order chi connectivity index (χ0) is 20.5. The Kier molecular flexibility index (Phi) is 5.77. The zero-order valence-corrected chi connectivity index (χ0v) is 17.9. The molecule has 0 radical (unpaired) electrons. The largest absolute Gasteiger partial charge is 0.390 e. The number of halogens is 2. The van der Waals surface area contributed by atoms with Gasteiger partial charge < -0.3 is 10.4 Å². The summed E-state index contributed by atoms with van der Waals surface area (Å²) in [5, 5.41) is 15.2. The normalized spacial score (nSPS) is 18.0. The van der Waals surface area contributed by atoms with Gasteiger partial charge in [-0.15, -0.1) is 0 Å². The van der Waals surface area contributed by atoms with E-state index >= 15 is 0 Å². The molecule has 29 heavy (non-hydrogen) atoms. The molecule has 4 nitrogen and oxygen atoms in total. The van der Waals surface area contributed by atoms with Crippen molar-refractivity contribution in [3.05, 3.63) is 75.0 Å². The fraction of sp³-hybridized carbons (Fsp3) is 0.304. The fourth-order valence-corrected chi connectivity index (χ4v) is 4.40. The molecular formula is C23H23Cl2N3O. The first-order chi connectivity index (χ1) is 14.0. The van der Waals surface area contributed by atoms with Crippen LogP contribution in [0.3, 0.4) is 0 Å². The topological polar surface area (TPSA) is 58.0 Å². The minimum absolute atomic E-state index is 0.194. The van der Waals surface area contributed by atoms with Crippen molar-refractivity contribution in [2.24, 2.45) is 0 Å². The van der Waals surface area contributed by atoms with Crippen LogP contribution in [0.4, 0.5) is 5.82 Å². The Morgan fingerprint density at radius 1 is 1.03 bits per heavy atom. The van der Waals surface area contributed by atoms with Gasteiger partial charge in [0.1, 0.15) is 5.82 Å². The summed E-state index contributed by atoms with van der Waals surface area (Å²) in [7, 11) is 0. The van der Waals surface area contributed by atoms with Crippen molar-refractivity contribution < 1.29 is 5.11 Å². The number of hydrogen-bond acceptors (Lipinski definition) is 4. The van der Waals surface area contributed by atoms with Gasteiger partial charge in [0.15, 0.2) is 0 Å². The maximum atomic E-state index is 10.6. The molecule has 0 aliphatic heterocycles. The second-order valence-corrected chi connectivity index (χ2v) is 8.08. The zero-order valence-electron chi connectivity index (χ0n) is 16.4. The fourth-order valence-electron chi connectivity index (χ4n) is 3.91. The smallest absolute Gasteiger partial charge is 0.148 e. The van der Waals surface area contributed by atoms with Gasteiger partial charge in [-0.25, -0.2) is 9.97 Å². The lowest BCUT2D eigenvalue weighted by Gasteiger charge is -2.21. The van der Waals surface area contributed by atoms with Crippen LogP contribution in [0.25, 0.3) is 11.3 Å². The molecule has 0 fully saturated rings. The summed E-state index contributed by atoms with van der Waals surface area (Å²) in [6.45, 7) is 4.10. The molecule has 0 saturated heterocycles. The van der Waals surface area contributed by atoms with E-state index in [1.54, 1.807) is 6.07 Å². The molecule has 1 aliphatic rings. The molecule has 2 aromatic carbocycles. The molecule has 0 unspecified atom stereocenters. The number of nitrogens with one attached hydrogen (secondary N) is 1. The van der Waals surface area contributed by atoms with Gasteiger partial charge >= 0.3 is 0 Å². The van der Waals surface area contributed by atoms with E-state index in [9.17, 15) is 5.11 Å². The van der Waals surface area contributed by atoms with E-state index in [0.717, 1.165) is 34.0 Å². The molecule has 6 heteroatoms. The number of aryl methyl sites for hydroxylation is 2. The van der Waals surface area contributed by atoms with Gasteiger partial charge in [0.2, 0.25) is 0 Å². The number of aromatic nitrogens is 2. The van der Waals surface area contributed by atoms with Crippen molar-refractivity contribution in [2.45, 2.75) is 45.3 Å². The van der Waals surface area contributed by atoms with E-state index in [1.165, 1.54) is 5.56 Å². The monoisotopic (exact) mass is 427 g/mol. The Morgan fingerprint density at radius 2 is 1.79 bits per heavy atom. The van der Waals surface area contributed by atoms with E-state index in [-0.39, 0.29) is 6.04 Å². The SMILES string of the molecule is CCc1nc(-c2ccc(Cl)cc2Cl)c(CC)nc1N[C@H]1c2ccccc2C[C@@H]1O. The lowest BCUT2D eigenvalue weighted by molar-refractivity contribution is 0.165. The Labute approximate surface area is 180 Å². The van der Waals surface area contributed by atoms with Gasteiger partial charge in [-0.3, -0.25) is 0 Å². The Hall–Kier alpha value is -2.14. The highest BCUT2D eigenvalue weighted by atomic mass is 35.5. The lowest BCUT2D eigenvalue weighted by atomic mass is 10.1. The molecule has 150 valence electrons. The number of aliphatic hydroxyl groups is 1. The van der Waals surface area contributed by atoms with Crippen molar-refractivity contribution in [3.63, 3.8) is 0 Å². The first-order valence-corrected chi connectivity index (χ1v) is 10.6. The first kappa shape index (κ1) is 20.1. The number of fused-ring (bicyclic) bond motifs is 1. The summed E-state index contributed by atoms with van der Waals surface area (Å²) >= 11 is 12.5. The summed E-state index contributed by atoms with van der Waals surface area (Å²) in [4.78, 5) is 9.81. The van der Waals surface area contributed by atoms with Gasteiger partial charge in [-0.2, -0.15) is 0 Å². The number of benzene rings is 2. The van der Waals surface area contributed by atoms with Crippen LogP contribution in [0.1, 0.15) is 42.4 Å². The predicted octanol–water partition coefficient (Wildman–Crippen LogP) is 5.65. The van der Waals surface area contributed by atoms with E-state index in [1.807, 2.05) is 38.1 Å². The number of hydrogen-bond donors (Lipinski definition) is 2. The molecule has 2 atom stereocenters. The molecule has 0 amide bonds. The van der Waals surface area contributed by atoms with E-state index in [4.69, 9.17) is 33.2 Å². The third-order valence-electron chi connectivity index (χ3n) is 5.39. The molecule has 0 saturated carbocycles. The number of aliphatic hydroxyl groups excluding tert-OH is 1. The third-order valence-corrected chi connectivity index (χ3v) is 5.94. The highest BCUT2D eigenvalue weighted by Crippen LogP contribution is 2.36. The number of rotatable bonds is 5. The van der Waals surface area contributed by atoms with Gasteiger partial charge in [0, 0.05) is 17.0 Å². The highest BCUT2D eigenvalue weighted by Gasteiger charge is 2.31. The summed E-state index contributed by atoms with van der Waals surface area (Å²) in [5.74, 6) is 0.721. The summed E-state index contributed by atoms with van der Waals surface area (Å²) in [5.41, 5.74) is 5.60. The van der Waals surface area contributed by atoms with Gasteiger partial charge in [-0.1, -0.05) is 61.3 Å². The van der Waals surface area contributed by atoms with Crippen molar-refractivity contribution in [1.29, 1.82) is 0 Å². The Bertz CT molecular complexity index is 1050. The molecule has 0 bridgehead atoms. The van der Waals surface area contributed by atoms with Crippen LogP contribution in [0.15, 0.2) is 42.5 Å². The molecule has 1 heterocycles. The van der Waals surface area contributed by atoms with Crippen LogP contribution in [-0.4, -0.2) is 21.2 Å². The summed E-state index contributed by atoms with van der Waals surface area (Å²) < 4.78 is 0. The predicted molar refractivity (Wildman–Crippen MR) is 119 cm³/mol. The van der Waals surface area contributed by atoms with Crippen LogP contribution in [0.2, 0.25) is 10.0 Å². The molecule has 4 rings (SSSR count). The molecule has 1 aromatic heterocycles. The maximum Gasteiger partial charge on any atom is 0.148 e. The molecule has 0 spiro atoms. The second kappa shape index (κ2) is 8.31. The van der Waals surface area contributed by atoms with E-state index in [0.29, 0.717) is 29.3 Å². The van der Waals surface area contributed by atoms with Gasteiger partial charge in [0.05, 0.1) is 34.3 Å². The number of anilines is 1. The van der Waals surface area contributed by atoms with E-state index < -0.39 is 6.10 Å². The van der Waals surface area contributed by atoms with Crippen LogP contribution in [0, 0.1) is 0 Å². The van der Waals surface area contributed by atoms with Crippen molar-refractivity contribution >= 4 is 29.0 Å².